The fourth-order valence-corrected chi connectivity index (χ4v) is 3.42. The first-order valence-electron chi connectivity index (χ1n) is 7.57. The van der Waals surface area contributed by atoms with E-state index >= 15 is 0 Å². The van der Waals surface area contributed by atoms with E-state index < -0.39 is 9.84 Å². The fraction of sp³-hybridized carbons (Fsp3) is 0.933. The van der Waals surface area contributed by atoms with E-state index in [9.17, 15) is 8.42 Å². The Balaban J connectivity index is 2.52. The van der Waals surface area contributed by atoms with E-state index in [1.807, 2.05) is 0 Å². The second-order valence-corrected chi connectivity index (χ2v) is 10.0. The van der Waals surface area contributed by atoms with Crippen molar-refractivity contribution in [3.63, 3.8) is 0 Å². The minimum absolute atomic E-state index is 0.0751. The molecule has 0 amide bonds. The van der Waals surface area contributed by atoms with Gasteiger partial charge in [-0.25, -0.2) is 8.42 Å². The van der Waals surface area contributed by atoms with Crippen LogP contribution in [0.2, 0.25) is 0 Å². The zero-order valence-corrected chi connectivity index (χ0v) is 15.2. The van der Waals surface area contributed by atoms with E-state index in [4.69, 9.17) is 0 Å². The SMILES string of the molecule is CN=C(NCC(C)(C)CCS(C)(=O)=O)N1CCC(C)(C)C1. The molecule has 0 radical (unpaired) electrons. The van der Waals surface area contributed by atoms with Gasteiger partial charge >= 0.3 is 0 Å². The zero-order chi connectivity index (χ0) is 16.3. The highest BCUT2D eigenvalue weighted by atomic mass is 32.2. The maximum absolute atomic E-state index is 11.3. The Morgan fingerprint density at radius 1 is 1.38 bits per heavy atom. The van der Waals surface area contributed by atoms with E-state index in [1.54, 1.807) is 7.05 Å². The van der Waals surface area contributed by atoms with Gasteiger partial charge < -0.3 is 10.2 Å². The minimum Gasteiger partial charge on any atom is -0.356 e. The molecule has 1 fully saturated rings. The molecule has 124 valence electrons. The van der Waals surface area contributed by atoms with Crippen LogP contribution in [0.4, 0.5) is 0 Å². The van der Waals surface area contributed by atoms with Crippen molar-refractivity contribution in [3.8, 4) is 0 Å². The summed E-state index contributed by atoms with van der Waals surface area (Å²) in [4.78, 5) is 6.65. The average molecular weight is 317 g/mol. The van der Waals surface area contributed by atoms with Crippen molar-refractivity contribution >= 4 is 15.8 Å². The Bertz CT molecular complexity index is 481. The Labute approximate surface area is 130 Å². The molecule has 1 aliphatic heterocycles. The molecule has 1 heterocycles. The van der Waals surface area contributed by atoms with Crippen molar-refractivity contribution in [3.05, 3.63) is 0 Å². The molecule has 21 heavy (non-hydrogen) atoms. The summed E-state index contributed by atoms with van der Waals surface area (Å²) in [5, 5.41) is 3.41. The van der Waals surface area contributed by atoms with Gasteiger partial charge in [0.1, 0.15) is 9.84 Å². The smallest absolute Gasteiger partial charge is 0.193 e. The van der Waals surface area contributed by atoms with E-state index in [-0.39, 0.29) is 11.2 Å². The van der Waals surface area contributed by atoms with Gasteiger partial charge in [0, 0.05) is 32.9 Å². The lowest BCUT2D eigenvalue weighted by molar-refractivity contribution is 0.333. The number of hydrogen-bond donors (Lipinski definition) is 1. The number of likely N-dealkylation sites (tertiary alicyclic amines) is 1. The van der Waals surface area contributed by atoms with Gasteiger partial charge in [-0.2, -0.15) is 0 Å². The average Bonchev–Trinajstić information content (AvgIpc) is 2.67. The van der Waals surface area contributed by atoms with Gasteiger partial charge in [0.2, 0.25) is 0 Å². The van der Waals surface area contributed by atoms with Crippen molar-refractivity contribution in [2.45, 2.75) is 40.5 Å². The predicted molar refractivity (Wildman–Crippen MR) is 89.4 cm³/mol. The first-order valence-corrected chi connectivity index (χ1v) is 9.64. The molecule has 0 unspecified atom stereocenters. The van der Waals surface area contributed by atoms with Gasteiger partial charge in [0.25, 0.3) is 0 Å². The highest BCUT2D eigenvalue weighted by molar-refractivity contribution is 7.90. The summed E-state index contributed by atoms with van der Waals surface area (Å²) in [7, 11) is -1.10. The fourth-order valence-electron chi connectivity index (χ4n) is 2.49. The first-order chi connectivity index (χ1) is 9.44. The van der Waals surface area contributed by atoms with Crippen LogP contribution in [-0.2, 0) is 9.84 Å². The van der Waals surface area contributed by atoms with Crippen LogP contribution in [0.15, 0.2) is 4.99 Å². The lowest BCUT2D eigenvalue weighted by Crippen LogP contribution is -2.44. The maximum Gasteiger partial charge on any atom is 0.193 e. The summed E-state index contributed by atoms with van der Waals surface area (Å²) in [6.45, 7) is 11.5. The van der Waals surface area contributed by atoms with Crippen molar-refractivity contribution in [1.29, 1.82) is 0 Å². The number of nitrogens with zero attached hydrogens (tertiary/aromatic N) is 2. The Morgan fingerprint density at radius 3 is 2.43 bits per heavy atom. The van der Waals surface area contributed by atoms with Gasteiger partial charge in [0.05, 0.1) is 5.75 Å². The van der Waals surface area contributed by atoms with Crippen LogP contribution in [0.25, 0.3) is 0 Å². The summed E-state index contributed by atoms with van der Waals surface area (Å²) in [5.41, 5.74) is 0.262. The third kappa shape index (κ3) is 6.68. The number of sulfone groups is 1. The third-order valence-corrected chi connectivity index (χ3v) is 5.01. The second-order valence-electron chi connectivity index (χ2n) is 7.78. The number of nitrogens with one attached hydrogen (secondary N) is 1. The van der Waals surface area contributed by atoms with Gasteiger partial charge in [-0.15, -0.1) is 0 Å². The highest BCUT2D eigenvalue weighted by Crippen LogP contribution is 2.29. The molecule has 1 N–H and O–H groups in total. The molecular weight excluding hydrogens is 286 g/mol. The van der Waals surface area contributed by atoms with Crippen LogP contribution in [0.5, 0.6) is 0 Å². The lowest BCUT2D eigenvalue weighted by atomic mass is 9.90. The quantitative estimate of drug-likeness (QED) is 0.620. The molecule has 0 aromatic carbocycles. The van der Waals surface area contributed by atoms with Crippen LogP contribution >= 0.6 is 0 Å². The molecule has 0 aliphatic carbocycles. The van der Waals surface area contributed by atoms with Crippen molar-refractivity contribution in [2.24, 2.45) is 15.8 Å². The van der Waals surface area contributed by atoms with Crippen LogP contribution in [-0.4, -0.2) is 58.0 Å². The van der Waals surface area contributed by atoms with Crippen molar-refractivity contribution in [2.75, 3.05) is 38.7 Å². The molecule has 1 rings (SSSR count). The van der Waals surface area contributed by atoms with Crippen LogP contribution in [0.1, 0.15) is 40.5 Å². The summed E-state index contributed by atoms with van der Waals surface area (Å²) in [6.07, 6.45) is 3.12. The topological polar surface area (TPSA) is 61.8 Å². The molecule has 0 bridgehead atoms. The lowest BCUT2D eigenvalue weighted by Gasteiger charge is -2.29. The normalized spacial score (nSPS) is 19.9. The number of rotatable bonds is 5. The standard InChI is InChI=1S/C15H31N3O2S/c1-14(2,8-10-21(6,19)20)11-17-13(16-5)18-9-7-15(3,4)12-18/h7-12H2,1-6H3,(H,16,17). The number of aliphatic imine (C=N–C) groups is 1. The zero-order valence-electron chi connectivity index (χ0n) is 14.4. The van der Waals surface area contributed by atoms with E-state index in [1.165, 1.54) is 12.7 Å². The molecule has 6 heteroatoms. The first kappa shape index (κ1) is 18.3. The molecule has 5 nitrogen and oxygen atoms in total. The molecule has 0 saturated carbocycles. The third-order valence-electron chi connectivity index (χ3n) is 4.06. The van der Waals surface area contributed by atoms with Crippen LogP contribution < -0.4 is 5.32 Å². The van der Waals surface area contributed by atoms with Crippen LogP contribution in [0.3, 0.4) is 0 Å². The largest absolute Gasteiger partial charge is 0.356 e. The summed E-state index contributed by atoms with van der Waals surface area (Å²) in [6, 6.07) is 0. The Kier molecular flexibility index (Phi) is 5.69. The summed E-state index contributed by atoms with van der Waals surface area (Å²) >= 11 is 0. The summed E-state index contributed by atoms with van der Waals surface area (Å²) < 4.78 is 22.6. The molecule has 1 saturated heterocycles. The Hall–Kier alpha value is -0.780. The number of guanidine groups is 1. The Morgan fingerprint density at radius 2 is 2.00 bits per heavy atom. The highest BCUT2D eigenvalue weighted by Gasteiger charge is 2.31. The molecule has 0 aromatic heterocycles. The summed E-state index contributed by atoms with van der Waals surface area (Å²) in [5.74, 6) is 1.16. The second kappa shape index (κ2) is 6.55. The van der Waals surface area contributed by atoms with E-state index in [0.29, 0.717) is 11.8 Å². The molecule has 0 atom stereocenters. The number of hydrogen-bond acceptors (Lipinski definition) is 3. The molecule has 0 aromatic rings. The van der Waals surface area contributed by atoms with E-state index in [0.717, 1.165) is 25.6 Å². The van der Waals surface area contributed by atoms with Gasteiger partial charge in [0.15, 0.2) is 5.96 Å². The predicted octanol–water partition coefficient (Wildman–Crippen LogP) is 1.75. The van der Waals surface area contributed by atoms with Crippen LogP contribution in [0, 0.1) is 10.8 Å². The molecule has 1 aliphatic rings. The maximum atomic E-state index is 11.3. The monoisotopic (exact) mass is 317 g/mol. The van der Waals surface area contributed by atoms with Crippen molar-refractivity contribution < 1.29 is 8.42 Å². The molecular formula is C15H31N3O2S. The van der Waals surface area contributed by atoms with Gasteiger partial charge in [-0.1, -0.05) is 27.7 Å². The van der Waals surface area contributed by atoms with Gasteiger partial charge in [-0.05, 0) is 23.7 Å². The van der Waals surface area contributed by atoms with E-state index in [2.05, 4.69) is 42.9 Å². The van der Waals surface area contributed by atoms with Gasteiger partial charge in [-0.3, -0.25) is 4.99 Å². The van der Waals surface area contributed by atoms with Crippen molar-refractivity contribution in [1.82, 2.24) is 10.2 Å². The molecule has 0 spiro atoms. The minimum atomic E-state index is -2.90.